The Bertz CT molecular complexity index is 1420. The first-order valence-corrected chi connectivity index (χ1v) is 13.4. The quantitative estimate of drug-likeness (QED) is 0.403. The lowest BCUT2D eigenvalue weighted by Gasteiger charge is -2.26. The number of sulfonamides is 1. The Morgan fingerprint density at radius 2 is 1.77 bits per heavy atom. The number of hydrogen-bond donors (Lipinski definition) is 1. The van der Waals surface area contributed by atoms with Crippen LogP contribution in [-0.2, 0) is 21.3 Å². The van der Waals surface area contributed by atoms with E-state index >= 15 is 0 Å². The number of aryl methyl sites for hydroxylation is 1. The van der Waals surface area contributed by atoms with Gasteiger partial charge in [-0.15, -0.1) is 0 Å². The van der Waals surface area contributed by atoms with Crippen molar-refractivity contribution in [2.45, 2.75) is 38.3 Å². The summed E-state index contributed by atoms with van der Waals surface area (Å²) in [5.74, 6) is 0.904. The summed E-state index contributed by atoms with van der Waals surface area (Å²) in [5, 5.41) is 4.66. The number of morpholine rings is 1. The number of nitrogens with zero attached hydrogens (tertiary/aromatic N) is 2. The summed E-state index contributed by atoms with van der Waals surface area (Å²) in [6.45, 7) is 8.50. The second kappa shape index (κ2) is 9.62. The zero-order valence-electron chi connectivity index (χ0n) is 20.3. The number of furan rings is 1. The van der Waals surface area contributed by atoms with Gasteiger partial charge in [0.25, 0.3) is 0 Å². The van der Waals surface area contributed by atoms with Gasteiger partial charge in [-0.3, -0.25) is 0 Å². The Hall–Kier alpha value is -2.91. The zero-order valence-corrected chi connectivity index (χ0v) is 21.1. The molecule has 1 fully saturated rings. The van der Waals surface area contributed by atoms with Crippen molar-refractivity contribution < 1.29 is 17.6 Å². The minimum Gasteiger partial charge on any atom is -0.459 e. The molecule has 1 atom stereocenters. The molecule has 2 aromatic heterocycles. The average Bonchev–Trinajstić information content (AvgIpc) is 3.43. The third kappa shape index (κ3) is 4.67. The molecule has 7 nitrogen and oxygen atoms in total. The molecule has 3 heterocycles. The highest BCUT2D eigenvalue weighted by Gasteiger charge is 2.27. The summed E-state index contributed by atoms with van der Waals surface area (Å²) in [4.78, 5) is 0.308. The molecule has 1 aliphatic heterocycles. The van der Waals surface area contributed by atoms with E-state index in [0.29, 0.717) is 37.7 Å². The molecule has 0 radical (unpaired) electrons. The number of fused-ring (bicyclic) bond motifs is 1. The molecule has 35 heavy (non-hydrogen) atoms. The summed E-state index contributed by atoms with van der Waals surface area (Å²) in [6.07, 6.45) is 0. The van der Waals surface area contributed by atoms with E-state index < -0.39 is 10.0 Å². The number of hydrogen-bond acceptors (Lipinski definition) is 5. The van der Waals surface area contributed by atoms with E-state index in [1.807, 2.05) is 37.3 Å². The second-order valence-corrected chi connectivity index (χ2v) is 11.0. The zero-order chi connectivity index (χ0) is 24.6. The monoisotopic (exact) mass is 493 g/mol. The summed E-state index contributed by atoms with van der Waals surface area (Å²) >= 11 is 0. The first-order valence-electron chi connectivity index (χ1n) is 11.9. The molecule has 4 aromatic rings. The van der Waals surface area contributed by atoms with Gasteiger partial charge in [0, 0.05) is 42.1 Å². The lowest BCUT2D eigenvalue weighted by molar-refractivity contribution is 0.0730. The fourth-order valence-corrected chi connectivity index (χ4v) is 6.15. The molecule has 1 saturated heterocycles. The minimum atomic E-state index is -3.56. The van der Waals surface area contributed by atoms with Crippen LogP contribution in [0.1, 0.15) is 35.7 Å². The molecule has 0 spiro atoms. The first-order chi connectivity index (χ1) is 16.8. The van der Waals surface area contributed by atoms with Gasteiger partial charge in [-0.05, 0) is 62.7 Å². The summed E-state index contributed by atoms with van der Waals surface area (Å²) in [7, 11) is -3.56. The van der Waals surface area contributed by atoms with Crippen molar-refractivity contribution in [3.8, 4) is 5.69 Å². The predicted octanol–water partition coefficient (Wildman–Crippen LogP) is 4.71. The van der Waals surface area contributed by atoms with E-state index in [1.165, 1.54) is 4.31 Å². The Labute approximate surface area is 206 Å². The van der Waals surface area contributed by atoms with Crippen molar-refractivity contribution in [2.75, 3.05) is 26.3 Å². The fourth-order valence-electron chi connectivity index (χ4n) is 4.70. The number of rotatable bonds is 7. The lowest BCUT2D eigenvalue weighted by atomic mass is 10.2. The highest BCUT2D eigenvalue weighted by molar-refractivity contribution is 7.89. The highest BCUT2D eigenvalue weighted by atomic mass is 32.2. The van der Waals surface area contributed by atoms with Crippen LogP contribution < -0.4 is 5.32 Å². The van der Waals surface area contributed by atoms with Gasteiger partial charge in [-0.2, -0.15) is 4.31 Å². The number of para-hydroxylation sites is 1. The van der Waals surface area contributed by atoms with E-state index in [-0.39, 0.29) is 6.04 Å². The summed E-state index contributed by atoms with van der Waals surface area (Å²) < 4.78 is 41.3. The average molecular weight is 494 g/mol. The van der Waals surface area contributed by atoms with Crippen LogP contribution in [0.2, 0.25) is 0 Å². The van der Waals surface area contributed by atoms with Gasteiger partial charge in [-0.25, -0.2) is 8.42 Å². The van der Waals surface area contributed by atoms with Crippen molar-refractivity contribution in [1.82, 2.24) is 14.2 Å². The summed E-state index contributed by atoms with van der Waals surface area (Å²) in [6, 6.07) is 19.5. The van der Waals surface area contributed by atoms with Gasteiger partial charge in [0.15, 0.2) is 0 Å². The van der Waals surface area contributed by atoms with E-state index in [0.717, 1.165) is 39.4 Å². The normalized spacial score (nSPS) is 16.1. The topological polar surface area (TPSA) is 76.7 Å². The third-order valence-electron chi connectivity index (χ3n) is 6.69. The third-order valence-corrected chi connectivity index (χ3v) is 8.58. The molecular weight excluding hydrogens is 462 g/mol. The smallest absolute Gasteiger partial charge is 0.243 e. The molecule has 1 aliphatic rings. The Balaban J connectivity index is 1.36. The van der Waals surface area contributed by atoms with Crippen LogP contribution in [0.15, 0.2) is 70.0 Å². The van der Waals surface area contributed by atoms with E-state index in [9.17, 15) is 8.42 Å². The van der Waals surface area contributed by atoms with Crippen LogP contribution in [0.3, 0.4) is 0 Å². The van der Waals surface area contributed by atoms with Gasteiger partial charge >= 0.3 is 0 Å². The van der Waals surface area contributed by atoms with Crippen molar-refractivity contribution >= 4 is 21.0 Å². The molecule has 8 heteroatoms. The van der Waals surface area contributed by atoms with Gasteiger partial charge < -0.3 is 19.0 Å². The molecule has 1 N–H and O–H groups in total. The largest absolute Gasteiger partial charge is 0.459 e. The highest BCUT2D eigenvalue weighted by Crippen LogP contribution is 2.27. The van der Waals surface area contributed by atoms with Crippen LogP contribution in [0.5, 0.6) is 0 Å². The van der Waals surface area contributed by atoms with Crippen molar-refractivity contribution in [2.24, 2.45) is 0 Å². The minimum absolute atomic E-state index is 0.0486. The Morgan fingerprint density at radius 1 is 1.00 bits per heavy atom. The Morgan fingerprint density at radius 3 is 2.54 bits per heavy atom. The van der Waals surface area contributed by atoms with Gasteiger partial charge in [0.2, 0.25) is 10.0 Å². The molecule has 2 aromatic carbocycles. The maximum absolute atomic E-state index is 13.2. The van der Waals surface area contributed by atoms with Crippen molar-refractivity contribution in [3.05, 3.63) is 83.4 Å². The standard InChI is InChI=1S/C27H31N3O4S/c1-19-15-23(18-28-20(2)27-16-22-7-4-5-10-26(22)34-27)21(3)30(19)24-8-6-9-25(17-24)35(31,32)29-11-13-33-14-12-29/h4-10,15-17,20,28H,11-14,18H2,1-3H3/t20-/m0/s1. The molecule has 5 rings (SSSR count). The van der Waals surface area contributed by atoms with Gasteiger partial charge in [-0.1, -0.05) is 24.3 Å². The van der Waals surface area contributed by atoms with E-state index in [2.05, 4.69) is 41.9 Å². The first kappa shape index (κ1) is 23.8. The number of aromatic nitrogens is 1. The number of ether oxygens (including phenoxy) is 1. The second-order valence-electron chi connectivity index (χ2n) is 9.03. The number of nitrogens with one attached hydrogen (secondary N) is 1. The molecule has 0 amide bonds. The van der Waals surface area contributed by atoms with Gasteiger partial charge in [0.05, 0.1) is 24.2 Å². The van der Waals surface area contributed by atoms with Crippen molar-refractivity contribution in [1.29, 1.82) is 0 Å². The molecule has 0 bridgehead atoms. The molecule has 0 aliphatic carbocycles. The number of benzene rings is 2. The lowest BCUT2D eigenvalue weighted by Crippen LogP contribution is -2.40. The van der Waals surface area contributed by atoms with Gasteiger partial charge in [0.1, 0.15) is 11.3 Å². The Kier molecular flexibility index (Phi) is 6.55. The molecule has 184 valence electrons. The molecule has 0 saturated carbocycles. The predicted molar refractivity (Wildman–Crippen MR) is 136 cm³/mol. The van der Waals surface area contributed by atoms with Crippen LogP contribution in [-0.4, -0.2) is 43.6 Å². The van der Waals surface area contributed by atoms with Crippen LogP contribution in [0.4, 0.5) is 0 Å². The molecular formula is C27H31N3O4S. The fraction of sp³-hybridized carbons (Fsp3) is 0.333. The summed E-state index contributed by atoms with van der Waals surface area (Å²) in [5.41, 5.74) is 5.02. The SMILES string of the molecule is Cc1cc(CN[C@@H](C)c2cc3ccccc3o2)c(C)n1-c1cccc(S(=O)(=O)N2CCOCC2)c1. The van der Waals surface area contributed by atoms with E-state index in [1.54, 1.807) is 12.1 Å². The maximum atomic E-state index is 13.2. The van der Waals surface area contributed by atoms with Crippen LogP contribution >= 0.6 is 0 Å². The maximum Gasteiger partial charge on any atom is 0.243 e. The van der Waals surface area contributed by atoms with Crippen LogP contribution in [0, 0.1) is 13.8 Å². The molecule has 0 unspecified atom stereocenters. The van der Waals surface area contributed by atoms with Crippen molar-refractivity contribution in [3.63, 3.8) is 0 Å². The van der Waals surface area contributed by atoms with E-state index in [4.69, 9.17) is 9.15 Å². The van der Waals surface area contributed by atoms with Crippen LogP contribution in [0.25, 0.3) is 16.7 Å².